The van der Waals surface area contributed by atoms with Gasteiger partial charge in [-0.25, -0.2) is 22.4 Å². The fourth-order valence-electron chi connectivity index (χ4n) is 4.34. The van der Waals surface area contributed by atoms with Crippen molar-refractivity contribution in [2.45, 2.75) is 0 Å². The zero-order valence-electron chi connectivity index (χ0n) is 21.9. The summed E-state index contributed by atoms with van der Waals surface area (Å²) < 4.78 is 69.4. The van der Waals surface area contributed by atoms with Crippen molar-refractivity contribution in [1.82, 2.24) is 19.9 Å². The molecule has 0 N–H and O–H groups in total. The molecular formula is C31H14F4N4O5. The van der Waals surface area contributed by atoms with Crippen molar-refractivity contribution in [3.05, 3.63) is 131 Å². The van der Waals surface area contributed by atoms with E-state index in [-0.39, 0.29) is 11.1 Å². The Morgan fingerprint density at radius 2 is 0.886 bits per heavy atom. The molecule has 0 aliphatic carbocycles. The van der Waals surface area contributed by atoms with Crippen LogP contribution < -0.4 is 9.47 Å². The number of halogens is 4. The lowest BCUT2D eigenvalue weighted by molar-refractivity contribution is 0.102. The quantitative estimate of drug-likeness (QED) is 0.0959. The van der Waals surface area contributed by atoms with Gasteiger partial charge in [-0.3, -0.25) is 29.5 Å². The highest BCUT2D eigenvalue weighted by molar-refractivity contribution is 6.11. The van der Waals surface area contributed by atoms with Gasteiger partial charge < -0.3 is 9.47 Å². The topological polar surface area (TPSA) is 121 Å². The first-order valence-corrected chi connectivity index (χ1v) is 12.6. The summed E-state index contributed by atoms with van der Waals surface area (Å²) in [6.07, 6.45) is 3.89. The Morgan fingerprint density at radius 3 is 1.30 bits per heavy atom. The van der Waals surface area contributed by atoms with Gasteiger partial charge in [-0.15, -0.1) is 0 Å². The third-order valence-electron chi connectivity index (χ3n) is 6.42. The number of ketones is 2. The molecule has 0 fully saturated rings. The minimum atomic E-state index is -1.72. The molecule has 2 heterocycles. The average molecular weight is 598 g/mol. The van der Waals surface area contributed by atoms with E-state index in [4.69, 9.17) is 9.47 Å². The first-order chi connectivity index (χ1) is 21.2. The maximum Gasteiger partial charge on any atom is 0.519 e. The summed E-state index contributed by atoms with van der Waals surface area (Å²) in [5, 5.41) is 0. The van der Waals surface area contributed by atoms with Crippen LogP contribution in [-0.4, -0.2) is 37.7 Å². The molecular weight excluding hydrogens is 584 g/mol. The van der Waals surface area contributed by atoms with Crippen molar-refractivity contribution >= 4 is 39.8 Å². The van der Waals surface area contributed by atoms with Gasteiger partial charge in [-0.2, -0.15) is 0 Å². The van der Waals surface area contributed by atoms with Crippen LogP contribution in [0.4, 0.5) is 22.4 Å². The minimum Gasteiger partial charge on any atom is -0.392 e. The van der Waals surface area contributed by atoms with Crippen molar-refractivity contribution in [3.63, 3.8) is 0 Å². The lowest BCUT2D eigenvalue weighted by atomic mass is 10.0. The number of hydrogen-bond donors (Lipinski definition) is 0. The van der Waals surface area contributed by atoms with E-state index in [1.165, 1.54) is 61.2 Å². The van der Waals surface area contributed by atoms with Gasteiger partial charge in [-0.1, -0.05) is 0 Å². The van der Waals surface area contributed by atoms with Gasteiger partial charge in [0.15, 0.2) is 34.7 Å². The number of rotatable bonds is 6. The van der Waals surface area contributed by atoms with E-state index in [0.717, 1.165) is 0 Å². The molecule has 0 atom stereocenters. The zero-order valence-corrected chi connectivity index (χ0v) is 21.9. The summed E-state index contributed by atoms with van der Waals surface area (Å²) in [4.78, 5) is 54.7. The van der Waals surface area contributed by atoms with Gasteiger partial charge in [0.25, 0.3) is 0 Å². The molecule has 0 unspecified atom stereocenters. The maximum absolute atomic E-state index is 15.3. The third kappa shape index (κ3) is 5.17. The van der Waals surface area contributed by atoms with Crippen molar-refractivity contribution in [3.8, 4) is 11.5 Å². The van der Waals surface area contributed by atoms with Crippen molar-refractivity contribution < 1.29 is 41.4 Å². The van der Waals surface area contributed by atoms with Crippen LogP contribution in [0.15, 0.2) is 85.5 Å². The summed E-state index contributed by atoms with van der Waals surface area (Å²) in [7, 11) is 0. The first kappa shape index (κ1) is 28.0. The van der Waals surface area contributed by atoms with Gasteiger partial charge in [0.05, 0.1) is 33.2 Å². The maximum atomic E-state index is 15.3. The Balaban J connectivity index is 1.25. The minimum absolute atomic E-state index is 0.125. The lowest BCUT2D eigenvalue weighted by Crippen LogP contribution is -2.18. The normalized spacial score (nSPS) is 11.0. The lowest BCUT2D eigenvalue weighted by Gasteiger charge is -2.12. The van der Waals surface area contributed by atoms with E-state index in [9.17, 15) is 23.2 Å². The number of benzene rings is 4. The summed E-state index contributed by atoms with van der Waals surface area (Å²) in [6, 6.07) is 10.8. The Hall–Kier alpha value is -6.11. The molecule has 0 aliphatic rings. The number of hydrogen-bond acceptors (Lipinski definition) is 9. The van der Waals surface area contributed by atoms with Crippen LogP contribution in [0.3, 0.4) is 0 Å². The van der Waals surface area contributed by atoms with Crippen LogP contribution >= 0.6 is 0 Å². The zero-order chi connectivity index (χ0) is 31.0. The Bertz CT molecular complexity index is 2010. The summed E-state index contributed by atoms with van der Waals surface area (Å²) in [5.74, 6) is -9.59. The predicted octanol–water partition coefficient (Wildman–Crippen LogP) is 6.17. The molecule has 0 spiro atoms. The highest BCUT2D eigenvalue weighted by Gasteiger charge is 2.27. The Kier molecular flexibility index (Phi) is 7.19. The van der Waals surface area contributed by atoms with Gasteiger partial charge in [-0.05, 0) is 60.7 Å². The molecule has 0 amide bonds. The molecule has 0 bridgehead atoms. The van der Waals surface area contributed by atoms with Gasteiger partial charge in [0.1, 0.15) is 11.6 Å². The number of ether oxygens (including phenoxy) is 2. The van der Waals surface area contributed by atoms with Gasteiger partial charge in [0.2, 0.25) is 0 Å². The van der Waals surface area contributed by atoms with Crippen LogP contribution in [-0.2, 0) is 0 Å². The fraction of sp³-hybridized carbons (Fsp3) is 0. The molecule has 0 saturated carbocycles. The predicted molar refractivity (Wildman–Crippen MR) is 145 cm³/mol. The van der Waals surface area contributed by atoms with Crippen LogP contribution in [0.1, 0.15) is 31.8 Å². The number of nitrogens with zero attached hydrogens (tertiary/aromatic N) is 4. The fourth-order valence-corrected chi connectivity index (χ4v) is 4.34. The van der Waals surface area contributed by atoms with Crippen LogP contribution in [0, 0.1) is 23.3 Å². The SMILES string of the molecule is O=C(Oc1ccc(F)c(C(=O)c2ccc3nccnc3c2)c1F)Oc1ccc(F)c(C(=O)c2ccc3nccnc3c2)c1F. The molecule has 4 aromatic carbocycles. The number of aromatic nitrogens is 4. The van der Waals surface area contributed by atoms with E-state index in [1.807, 2.05) is 0 Å². The highest BCUT2D eigenvalue weighted by Crippen LogP contribution is 2.29. The third-order valence-corrected chi connectivity index (χ3v) is 6.42. The highest BCUT2D eigenvalue weighted by atomic mass is 19.1. The van der Waals surface area contributed by atoms with Crippen molar-refractivity contribution in [2.75, 3.05) is 0 Å². The Morgan fingerprint density at radius 1 is 0.500 bits per heavy atom. The number of fused-ring (bicyclic) bond motifs is 2. The van der Waals surface area contributed by atoms with E-state index >= 15 is 8.78 Å². The van der Waals surface area contributed by atoms with E-state index in [2.05, 4.69) is 19.9 Å². The standard InChI is InChI=1S/C31H14F4N4O5/c32-17-3-7-23(27(34)25(17)29(40)15-1-5-19-21(13-15)38-11-9-36-19)43-31(42)44-24-8-4-18(33)26(28(24)35)30(41)16-2-6-20-22(14-16)39-12-10-37-20/h1-14H. The largest absolute Gasteiger partial charge is 0.519 e. The molecule has 13 heteroatoms. The smallest absolute Gasteiger partial charge is 0.392 e. The molecule has 6 rings (SSSR count). The first-order valence-electron chi connectivity index (χ1n) is 12.6. The van der Waals surface area contributed by atoms with E-state index in [0.29, 0.717) is 46.3 Å². The molecule has 2 aromatic heterocycles. The van der Waals surface area contributed by atoms with Crippen LogP contribution in [0.5, 0.6) is 11.5 Å². The average Bonchev–Trinajstić information content (AvgIpc) is 3.03. The van der Waals surface area contributed by atoms with E-state index in [1.54, 1.807) is 0 Å². The molecule has 216 valence electrons. The Labute approximate surface area is 243 Å². The summed E-state index contributed by atoms with van der Waals surface area (Å²) in [6.45, 7) is 0. The monoisotopic (exact) mass is 598 g/mol. The van der Waals surface area contributed by atoms with Crippen molar-refractivity contribution in [2.24, 2.45) is 0 Å². The van der Waals surface area contributed by atoms with E-state index < -0.39 is 63.6 Å². The van der Waals surface area contributed by atoms with Gasteiger partial charge >= 0.3 is 6.16 Å². The summed E-state index contributed by atoms with van der Waals surface area (Å²) in [5.41, 5.74) is -0.867. The molecule has 0 aliphatic heterocycles. The van der Waals surface area contributed by atoms with Crippen LogP contribution in [0.25, 0.3) is 22.1 Å². The molecule has 0 radical (unpaired) electrons. The van der Waals surface area contributed by atoms with Gasteiger partial charge in [0, 0.05) is 35.9 Å². The van der Waals surface area contributed by atoms with Crippen molar-refractivity contribution in [1.29, 1.82) is 0 Å². The molecule has 9 nitrogen and oxygen atoms in total. The van der Waals surface area contributed by atoms with Crippen LogP contribution in [0.2, 0.25) is 0 Å². The molecule has 6 aromatic rings. The number of carbonyl (C=O) groups excluding carboxylic acids is 3. The summed E-state index contributed by atoms with van der Waals surface area (Å²) >= 11 is 0. The molecule has 0 saturated heterocycles. The molecule has 44 heavy (non-hydrogen) atoms. The number of carbonyl (C=O) groups is 3. The second-order valence-electron chi connectivity index (χ2n) is 9.10. The second kappa shape index (κ2) is 11.3. The second-order valence-corrected chi connectivity index (χ2v) is 9.10.